The van der Waals surface area contributed by atoms with Crippen LogP contribution in [0.4, 0.5) is 0 Å². The molecule has 110 valence electrons. The summed E-state index contributed by atoms with van der Waals surface area (Å²) in [5, 5.41) is 0. The first-order valence-corrected chi connectivity index (χ1v) is 8.98. The van der Waals surface area contributed by atoms with Crippen molar-refractivity contribution in [3.63, 3.8) is 0 Å². The molecule has 3 N–H and O–H groups in total. The van der Waals surface area contributed by atoms with Gasteiger partial charge in [0.1, 0.15) is 0 Å². The molecule has 1 aliphatic carbocycles. The van der Waals surface area contributed by atoms with Gasteiger partial charge in [-0.25, -0.2) is 13.1 Å². The maximum atomic E-state index is 12.4. The van der Waals surface area contributed by atoms with Crippen LogP contribution in [0.2, 0.25) is 0 Å². The molecule has 1 aromatic heterocycles. The Bertz CT molecular complexity index is 539. The number of hydrogen-bond donors (Lipinski definition) is 2. The Morgan fingerprint density at radius 1 is 1.47 bits per heavy atom. The molecule has 1 heterocycles. The first kappa shape index (κ1) is 17.4. The average Bonchev–Trinajstić information content (AvgIpc) is 2.86. The fraction of sp³-hybridized carbons (Fsp3) is 0.636. The normalized spacial score (nSPS) is 18.3. The van der Waals surface area contributed by atoms with Gasteiger partial charge in [0.15, 0.2) is 0 Å². The Labute approximate surface area is 132 Å². The van der Waals surface area contributed by atoms with E-state index in [0.717, 1.165) is 34.3 Å². The summed E-state index contributed by atoms with van der Waals surface area (Å²) in [6.45, 7) is 2.17. The van der Waals surface area contributed by atoms with E-state index in [9.17, 15) is 8.42 Å². The molecule has 0 radical (unpaired) electrons. The zero-order valence-corrected chi connectivity index (χ0v) is 14.6. The van der Waals surface area contributed by atoms with E-state index in [4.69, 9.17) is 5.73 Å². The van der Waals surface area contributed by atoms with E-state index in [2.05, 4.69) is 20.7 Å². The molecule has 0 aliphatic heterocycles. The zero-order valence-electron chi connectivity index (χ0n) is 10.6. The molecule has 0 atom stereocenters. The minimum Gasteiger partial charge on any atom is -0.329 e. The number of rotatable bonds is 4. The van der Waals surface area contributed by atoms with Crippen LogP contribution < -0.4 is 10.5 Å². The smallest absolute Gasteiger partial charge is 0.242 e. The van der Waals surface area contributed by atoms with Crippen molar-refractivity contribution in [3.8, 4) is 0 Å². The van der Waals surface area contributed by atoms with E-state index < -0.39 is 15.6 Å². The van der Waals surface area contributed by atoms with Gasteiger partial charge in [0.25, 0.3) is 0 Å². The van der Waals surface area contributed by atoms with Crippen LogP contribution in [0, 0.1) is 6.92 Å². The van der Waals surface area contributed by atoms with Crippen LogP contribution in [-0.2, 0) is 10.0 Å². The SMILES string of the molecule is Cc1sc(Br)cc1S(=O)(=O)NC1(CN)CCCC1.Cl. The van der Waals surface area contributed by atoms with E-state index in [1.807, 2.05) is 6.92 Å². The summed E-state index contributed by atoms with van der Waals surface area (Å²) in [6.07, 6.45) is 3.72. The van der Waals surface area contributed by atoms with Crippen LogP contribution in [0.3, 0.4) is 0 Å². The van der Waals surface area contributed by atoms with Crippen molar-refractivity contribution >= 4 is 49.7 Å². The number of nitrogens with two attached hydrogens (primary N) is 1. The van der Waals surface area contributed by atoms with E-state index in [0.29, 0.717) is 11.4 Å². The van der Waals surface area contributed by atoms with Gasteiger partial charge in [-0.05, 0) is 41.8 Å². The maximum Gasteiger partial charge on any atom is 0.242 e. The van der Waals surface area contributed by atoms with Gasteiger partial charge >= 0.3 is 0 Å². The molecule has 1 saturated carbocycles. The molecule has 1 aliphatic rings. The van der Waals surface area contributed by atoms with Crippen LogP contribution in [-0.4, -0.2) is 20.5 Å². The van der Waals surface area contributed by atoms with Crippen LogP contribution in [0.1, 0.15) is 30.6 Å². The molecule has 8 heteroatoms. The number of halogens is 2. The molecule has 4 nitrogen and oxygen atoms in total. The predicted octanol–water partition coefficient (Wildman–Crippen LogP) is 2.79. The van der Waals surface area contributed by atoms with Gasteiger partial charge in [-0.3, -0.25) is 0 Å². The molecule has 19 heavy (non-hydrogen) atoms. The molecule has 1 fully saturated rings. The van der Waals surface area contributed by atoms with Crippen LogP contribution in [0.5, 0.6) is 0 Å². The highest BCUT2D eigenvalue weighted by molar-refractivity contribution is 9.11. The van der Waals surface area contributed by atoms with Crippen molar-refractivity contribution in [1.29, 1.82) is 0 Å². The lowest BCUT2D eigenvalue weighted by atomic mass is 10.0. The average molecular weight is 390 g/mol. The van der Waals surface area contributed by atoms with Gasteiger partial charge < -0.3 is 5.73 Å². The highest BCUT2D eigenvalue weighted by Crippen LogP contribution is 2.33. The molecule has 2 rings (SSSR count). The molecule has 0 saturated heterocycles. The summed E-state index contributed by atoms with van der Waals surface area (Å²) in [5.74, 6) is 0. The Morgan fingerprint density at radius 2 is 2.05 bits per heavy atom. The van der Waals surface area contributed by atoms with E-state index in [-0.39, 0.29) is 12.4 Å². The highest BCUT2D eigenvalue weighted by Gasteiger charge is 2.37. The minimum absolute atomic E-state index is 0. The molecule has 0 bridgehead atoms. The molecule has 1 aromatic rings. The second-order valence-electron chi connectivity index (χ2n) is 4.77. The Balaban J connectivity index is 0.00000180. The fourth-order valence-corrected chi connectivity index (χ4v) is 6.32. The largest absolute Gasteiger partial charge is 0.329 e. The third-order valence-electron chi connectivity index (χ3n) is 3.43. The van der Waals surface area contributed by atoms with Crippen LogP contribution in [0.25, 0.3) is 0 Å². The molecule has 0 unspecified atom stereocenters. The molecular formula is C11H18BrClN2O2S2. The van der Waals surface area contributed by atoms with Crippen molar-refractivity contribution in [1.82, 2.24) is 4.72 Å². The summed E-state index contributed by atoms with van der Waals surface area (Å²) in [7, 11) is -3.47. The van der Waals surface area contributed by atoms with Gasteiger partial charge in [-0.15, -0.1) is 23.7 Å². The summed E-state index contributed by atoms with van der Waals surface area (Å²) in [6, 6.07) is 1.65. The van der Waals surface area contributed by atoms with Gasteiger partial charge in [0.05, 0.1) is 8.68 Å². The minimum atomic E-state index is -3.47. The second kappa shape index (κ2) is 6.41. The Morgan fingerprint density at radius 3 is 2.47 bits per heavy atom. The van der Waals surface area contributed by atoms with Crippen molar-refractivity contribution in [3.05, 3.63) is 14.7 Å². The second-order valence-corrected chi connectivity index (χ2v) is 9.05. The summed E-state index contributed by atoms with van der Waals surface area (Å²) < 4.78 is 28.5. The van der Waals surface area contributed by atoms with Crippen molar-refractivity contribution < 1.29 is 8.42 Å². The monoisotopic (exact) mass is 388 g/mol. The first-order chi connectivity index (χ1) is 8.38. The van der Waals surface area contributed by atoms with Gasteiger partial charge in [0, 0.05) is 17.0 Å². The van der Waals surface area contributed by atoms with E-state index in [1.54, 1.807) is 6.07 Å². The third-order valence-corrected chi connectivity index (χ3v) is 6.82. The summed E-state index contributed by atoms with van der Waals surface area (Å²) in [4.78, 5) is 1.15. The van der Waals surface area contributed by atoms with Crippen LogP contribution >= 0.6 is 39.7 Å². The van der Waals surface area contributed by atoms with Gasteiger partial charge in [-0.2, -0.15) is 0 Å². The van der Waals surface area contributed by atoms with Crippen molar-refractivity contribution in [2.24, 2.45) is 5.73 Å². The Hall–Kier alpha value is 0.340. The number of nitrogens with one attached hydrogen (secondary N) is 1. The molecule has 0 spiro atoms. The number of hydrogen-bond acceptors (Lipinski definition) is 4. The standard InChI is InChI=1S/C11H17BrN2O2S2.ClH/c1-8-9(6-10(12)17-8)18(15,16)14-11(7-13)4-2-3-5-11;/h6,14H,2-5,7,13H2,1H3;1H. The first-order valence-electron chi connectivity index (χ1n) is 5.89. The molecule has 0 aromatic carbocycles. The lowest BCUT2D eigenvalue weighted by Crippen LogP contribution is -2.51. The Kier molecular flexibility index (Phi) is 5.86. The topological polar surface area (TPSA) is 72.2 Å². The number of aryl methyl sites for hydroxylation is 1. The predicted molar refractivity (Wildman–Crippen MR) is 84.6 cm³/mol. The number of thiophene rings is 1. The molecular weight excluding hydrogens is 372 g/mol. The van der Waals surface area contributed by atoms with Crippen LogP contribution in [0.15, 0.2) is 14.7 Å². The lowest BCUT2D eigenvalue weighted by molar-refractivity contribution is 0.399. The number of sulfonamides is 1. The zero-order chi connectivity index (χ0) is 13.4. The van der Waals surface area contributed by atoms with Crippen molar-refractivity contribution in [2.75, 3.05) is 6.54 Å². The highest BCUT2D eigenvalue weighted by atomic mass is 79.9. The van der Waals surface area contributed by atoms with E-state index >= 15 is 0 Å². The summed E-state index contributed by atoms with van der Waals surface area (Å²) >= 11 is 4.75. The fourth-order valence-electron chi connectivity index (χ4n) is 2.44. The summed E-state index contributed by atoms with van der Waals surface area (Å²) in [5.41, 5.74) is 5.32. The third kappa shape index (κ3) is 3.71. The molecule has 0 amide bonds. The maximum absolute atomic E-state index is 12.4. The lowest BCUT2D eigenvalue weighted by Gasteiger charge is -2.28. The van der Waals surface area contributed by atoms with Gasteiger partial charge in [0.2, 0.25) is 10.0 Å². The van der Waals surface area contributed by atoms with Crippen molar-refractivity contribution in [2.45, 2.75) is 43.0 Å². The quantitative estimate of drug-likeness (QED) is 0.831. The van der Waals surface area contributed by atoms with E-state index in [1.165, 1.54) is 11.3 Å². The van der Waals surface area contributed by atoms with Gasteiger partial charge in [-0.1, -0.05) is 12.8 Å².